The van der Waals surface area contributed by atoms with E-state index in [2.05, 4.69) is 4.98 Å². The molecule has 2 rings (SSSR count). The average molecular weight is 239 g/mol. The third-order valence-electron chi connectivity index (χ3n) is 2.23. The third-order valence-corrected chi connectivity index (χ3v) is 2.91. The number of aromatic nitrogens is 1. The maximum absolute atomic E-state index is 12.5. The highest BCUT2D eigenvalue weighted by Crippen LogP contribution is 2.16. The second-order valence-corrected chi connectivity index (χ2v) is 5.03. The van der Waals surface area contributed by atoms with Gasteiger partial charge in [-0.2, -0.15) is 8.42 Å². The molecule has 0 aliphatic rings. The van der Waals surface area contributed by atoms with E-state index in [-0.39, 0.29) is 0 Å². The van der Waals surface area contributed by atoms with Gasteiger partial charge >= 0.3 is 10.2 Å². The largest absolute Gasteiger partial charge is 0.306 e. The number of rotatable bonds is 2. The summed E-state index contributed by atoms with van der Waals surface area (Å²) >= 11 is 0. The van der Waals surface area contributed by atoms with Crippen molar-refractivity contribution in [1.82, 2.24) is 4.98 Å². The van der Waals surface area contributed by atoms with E-state index in [1.54, 1.807) is 18.2 Å². The lowest BCUT2D eigenvalue weighted by Gasteiger charge is -2.01. The van der Waals surface area contributed by atoms with Crippen molar-refractivity contribution in [3.05, 3.63) is 41.6 Å². The van der Waals surface area contributed by atoms with Crippen LogP contribution in [0.15, 0.2) is 30.3 Å². The molecular weight excluding hydrogens is 229 g/mol. The van der Waals surface area contributed by atoms with Gasteiger partial charge in [-0.05, 0) is 30.7 Å². The zero-order chi connectivity index (χ0) is 11.8. The maximum atomic E-state index is 12.5. The summed E-state index contributed by atoms with van der Waals surface area (Å²) in [4.78, 5) is 4.27. The van der Waals surface area contributed by atoms with E-state index in [0.29, 0.717) is 5.56 Å². The van der Waals surface area contributed by atoms with Gasteiger partial charge in [0.1, 0.15) is 5.75 Å². The molecule has 2 aromatic rings. The van der Waals surface area contributed by atoms with Gasteiger partial charge in [0.25, 0.3) is 0 Å². The molecule has 3 nitrogen and oxygen atoms in total. The summed E-state index contributed by atoms with van der Waals surface area (Å²) in [6.45, 7) is 1.87. The lowest BCUT2D eigenvalue weighted by Crippen LogP contribution is -1.96. The van der Waals surface area contributed by atoms with Crippen LogP contribution in [-0.4, -0.2) is 13.4 Å². The van der Waals surface area contributed by atoms with Crippen molar-refractivity contribution >= 4 is 21.1 Å². The van der Waals surface area contributed by atoms with Crippen LogP contribution < -0.4 is 0 Å². The van der Waals surface area contributed by atoms with Crippen molar-refractivity contribution < 1.29 is 12.3 Å². The lowest BCUT2D eigenvalue weighted by molar-refractivity contribution is 0.551. The van der Waals surface area contributed by atoms with E-state index in [9.17, 15) is 12.3 Å². The summed E-state index contributed by atoms with van der Waals surface area (Å²) in [5.41, 5.74) is 2.10. The minimum absolute atomic E-state index is 0.431. The SMILES string of the molecule is Cc1ccc2cc(CS(=O)(=O)F)ccc2n1. The molecule has 1 heterocycles. The number of pyridine rings is 1. The molecule has 1 aromatic heterocycles. The molecular formula is C11H10FNO2S. The van der Waals surface area contributed by atoms with Crippen molar-refractivity contribution in [3.8, 4) is 0 Å². The van der Waals surface area contributed by atoms with Crippen molar-refractivity contribution in [3.63, 3.8) is 0 Å². The van der Waals surface area contributed by atoms with Crippen LogP contribution in [0.5, 0.6) is 0 Å². The van der Waals surface area contributed by atoms with Gasteiger partial charge in [0.05, 0.1) is 5.52 Å². The molecule has 84 valence electrons. The molecule has 0 saturated heterocycles. The Kier molecular flexibility index (Phi) is 2.63. The summed E-state index contributed by atoms with van der Waals surface area (Å²) in [5.74, 6) is -0.586. The smallest absolute Gasteiger partial charge is 0.253 e. The Labute approximate surface area is 93.1 Å². The number of aryl methyl sites for hydroxylation is 1. The van der Waals surface area contributed by atoms with Crippen molar-refractivity contribution in [2.75, 3.05) is 0 Å². The quantitative estimate of drug-likeness (QED) is 0.756. The number of fused-ring (bicyclic) bond motifs is 1. The van der Waals surface area contributed by atoms with E-state index < -0.39 is 16.0 Å². The first-order chi connectivity index (χ1) is 7.44. The van der Waals surface area contributed by atoms with Gasteiger partial charge in [-0.25, -0.2) is 0 Å². The van der Waals surface area contributed by atoms with Crippen molar-refractivity contribution in [2.45, 2.75) is 12.7 Å². The van der Waals surface area contributed by atoms with Gasteiger partial charge < -0.3 is 0 Å². The summed E-state index contributed by atoms with van der Waals surface area (Å²) in [7, 11) is -4.47. The fourth-order valence-electron chi connectivity index (χ4n) is 1.57. The molecule has 1 aromatic carbocycles. The van der Waals surface area contributed by atoms with E-state index in [1.807, 2.05) is 19.1 Å². The Balaban J connectivity index is 2.49. The first-order valence-corrected chi connectivity index (χ1v) is 6.28. The minimum Gasteiger partial charge on any atom is -0.253 e. The van der Waals surface area contributed by atoms with Crippen LogP contribution >= 0.6 is 0 Å². The summed E-state index contributed by atoms with van der Waals surface area (Å²) in [5, 5.41) is 0.812. The molecule has 0 bridgehead atoms. The third kappa shape index (κ3) is 2.55. The van der Waals surface area contributed by atoms with Gasteiger partial charge in [-0.15, -0.1) is 3.89 Å². The molecule has 0 amide bonds. The zero-order valence-corrected chi connectivity index (χ0v) is 9.46. The first kappa shape index (κ1) is 11.0. The van der Waals surface area contributed by atoms with Gasteiger partial charge in [0.2, 0.25) is 0 Å². The highest BCUT2D eigenvalue weighted by molar-refractivity contribution is 7.85. The fourth-order valence-corrected chi connectivity index (χ4v) is 2.14. The Morgan fingerprint density at radius 2 is 2.00 bits per heavy atom. The molecule has 0 aliphatic heterocycles. The standard InChI is InChI=1S/C11H10FNO2S/c1-8-2-4-10-6-9(7-16(12,14)15)3-5-11(10)13-8/h2-6H,7H2,1H3. The highest BCUT2D eigenvalue weighted by Gasteiger charge is 2.09. The van der Waals surface area contributed by atoms with Crippen molar-refractivity contribution in [1.29, 1.82) is 0 Å². The van der Waals surface area contributed by atoms with Gasteiger partial charge in [0.15, 0.2) is 0 Å². The Hall–Kier alpha value is -1.49. The predicted octanol–water partition coefficient (Wildman–Crippen LogP) is 2.34. The zero-order valence-electron chi connectivity index (χ0n) is 8.64. The molecule has 0 spiro atoms. The molecule has 0 saturated carbocycles. The number of benzene rings is 1. The molecule has 0 aliphatic carbocycles. The van der Waals surface area contributed by atoms with Crippen LogP contribution in [-0.2, 0) is 16.0 Å². The Bertz CT molecular complexity index is 637. The van der Waals surface area contributed by atoms with Crippen LogP contribution in [0, 0.1) is 6.92 Å². The molecule has 0 N–H and O–H groups in total. The maximum Gasteiger partial charge on any atom is 0.306 e. The van der Waals surface area contributed by atoms with Crippen molar-refractivity contribution in [2.24, 2.45) is 0 Å². The van der Waals surface area contributed by atoms with Gasteiger partial charge in [-0.3, -0.25) is 4.98 Å². The minimum atomic E-state index is -4.47. The van der Waals surface area contributed by atoms with Crippen LogP contribution in [0.1, 0.15) is 11.3 Å². The normalized spacial score (nSPS) is 11.9. The molecule has 0 atom stereocenters. The number of halogens is 1. The lowest BCUT2D eigenvalue weighted by atomic mass is 10.1. The summed E-state index contributed by atoms with van der Waals surface area (Å²) in [6, 6.07) is 8.58. The summed E-state index contributed by atoms with van der Waals surface area (Å²) in [6.07, 6.45) is 0. The van der Waals surface area contributed by atoms with Crippen LogP contribution in [0.4, 0.5) is 3.89 Å². The van der Waals surface area contributed by atoms with Gasteiger partial charge in [-0.1, -0.05) is 12.1 Å². The van der Waals surface area contributed by atoms with E-state index >= 15 is 0 Å². The number of hydrogen-bond donors (Lipinski definition) is 0. The average Bonchev–Trinajstić information content (AvgIpc) is 2.16. The molecule has 0 unspecified atom stereocenters. The molecule has 0 fully saturated rings. The van der Waals surface area contributed by atoms with E-state index in [0.717, 1.165) is 16.6 Å². The summed E-state index contributed by atoms with van der Waals surface area (Å²) < 4.78 is 33.5. The monoisotopic (exact) mass is 239 g/mol. The number of hydrogen-bond acceptors (Lipinski definition) is 3. The Morgan fingerprint density at radius 1 is 1.25 bits per heavy atom. The molecule has 5 heteroatoms. The second-order valence-electron chi connectivity index (χ2n) is 3.66. The van der Waals surface area contributed by atoms with Crippen LogP contribution in [0.2, 0.25) is 0 Å². The van der Waals surface area contributed by atoms with Gasteiger partial charge in [0, 0.05) is 11.1 Å². The highest BCUT2D eigenvalue weighted by atomic mass is 32.3. The topological polar surface area (TPSA) is 47.0 Å². The number of nitrogens with zero attached hydrogens (tertiary/aromatic N) is 1. The fraction of sp³-hybridized carbons (Fsp3) is 0.182. The van der Waals surface area contributed by atoms with E-state index in [1.165, 1.54) is 0 Å². The first-order valence-electron chi connectivity index (χ1n) is 4.73. The predicted molar refractivity (Wildman–Crippen MR) is 60.2 cm³/mol. The second kappa shape index (κ2) is 3.83. The molecule has 16 heavy (non-hydrogen) atoms. The van der Waals surface area contributed by atoms with Crippen LogP contribution in [0.3, 0.4) is 0 Å². The van der Waals surface area contributed by atoms with E-state index in [4.69, 9.17) is 0 Å². The Morgan fingerprint density at radius 3 is 2.69 bits per heavy atom. The molecule has 0 radical (unpaired) electrons. The van der Waals surface area contributed by atoms with Crippen LogP contribution in [0.25, 0.3) is 10.9 Å².